The molecule has 2 fully saturated rings. The molecule has 6 heteroatoms. The summed E-state index contributed by atoms with van der Waals surface area (Å²) in [7, 11) is -2.87. The second-order valence-corrected chi connectivity index (χ2v) is 6.18. The fraction of sp³-hybridized carbons (Fsp3) is 0.875. The van der Waals surface area contributed by atoms with E-state index in [-0.39, 0.29) is 36.0 Å². The summed E-state index contributed by atoms with van der Waals surface area (Å²) >= 11 is 0. The topological polar surface area (TPSA) is 74.7 Å². The van der Waals surface area contributed by atoms with Gasteiger partial charge in [-0.3, -0.25) is 4.79 Å². The van der Waals surface area contributed by atoms with Crippen molar-refractivity contribution >= 4 is 15.7 Å². The van der Waals surface area contributed by atoms with Crippen LogP contribution in [0, 0.1) is 5.92 Å². The normalized spacial score (nSPS) is 31.9. The highest BCUT2D eigenvalue weighted by Gasteiger charge is 2.43. The van der Waals surface area contributed by atoms with E-state index in [4.69, 9.17) is 5.11 Å². The lowest BCUT2D eigenvalue weighted by atomic mass is 10.1. The van der Waals surface area contributed by atoms with Crippen molar-refractivity contribution < 1.29 is 18.3 Å². The van der Waals surface area contributed by atoms with Crippen molar-refractivity contribution in [3.8, 4) is 0 Å². The highest BCUT2D eigenvalue weighted by atomic mass is 32.2. The fourth-order valence-corrected chi connectivity index (χ4v) is 3.44. The lowest BCUT2D eigenvalue weighted by molar-refractivity contribution is -0.129. The van der Waals surface area contributed by atoms with Gasteiger partial charge < -0.3 is 10.0 Å². The van der Waals surface area contributed by atoms with Gasteiger partial charge in [0.15, 0.2) is 9.84 Å². The predicted octanol–water partition coefficient (Wildman–Crippen LogP) is -1.38. The molecule has 0 bridgehead atoms. The van der Waals surface area contributed by atoms with E-state index >= 15 is 0 Å². The van der Waals surface area contributed by atoms with Gasteiger partial charge in [0.2, 0.25) is 5.91 Å². The Kier molecular flexibility index (Phi) is 2.27. The molecule has 0 aromatic rings. The van der Waals surface area contributed by atoms with Crippen molar-refractivity contribution in [2.45, 2.75) is 12.5 Å². The molecule has 5 nitrogen and oxygen atoms in total. The molecule has 0 radical (unpaired) electrons. The number of aliphatic hydroxyl groups is 1. The molecule has 0 aromatic carbocycles. The van der Waals surface area contributed by atoms with Gasteiger partial charge in [-0.2, -0.15) is 0 Å². The van der Waals surface area contributed by atoms with Gasteiger partial charge in [-0.1, -0.05) is 0 Å². The molecular weight excluding hydrogens is 206 g/mol. The summed E-state index contributed by atoms with van der Waals surface area (Å²) in [6, 6.07) is -0.135. The Hall–Kier alpha value is -0.620. The average molecular weight is 219 g/mol. The van der Waals surface area contributed by atoms with E-state index in [1.54, 1.807) is 4.90 Å². The standard InChI is InChI=1S/C8H13NO4S/c10-3-6-1-8(11)9(2-6)7-4-14(12,13)5-7/h6-7,10H,1-5H2. The number of aliphatic hydroxyl groups excluding tert-OH is 1. The Morgan fingerprint density at radius 2 is 2.07 bits per heavy atom. The van der Waals surface area contributed by atoms with Crippen molar-refractivity contribution in [1.29, 1.82) is 0 Å². The highest BCUT2D eigenvalue weighted by Crippen LogP contribution is 2.25. The van der Waals surface area contributed by atoms with Crippen LogP contribution in [0.2, 0.25) is 0 Å². The van der Waals surface area contributed by atoms with Crippen LogP contribution in [-0.2, 0) is 14.6 Å². The fourth-order valence-electron chi connectivity index (χ4n) is 2.00. The molecule has 2 heterocycles. The SMILES string of the molecule is O=C1CC(CO)CN1C1CS(=O)(=O)C1. The Bertz CT molecular complexity index is 338. The van der Waals surface area contributed by atoms with Gasteiger partial charge in [-0.15, -0.1) is 0 Å². The van der Waals surface area contributed by atoms with Crippen LogP contribution in [0.25, 0.3) is 0 Å². The molecule has 0 spiro atoms. The number of rotatable bonds is 2. The van der Waals surface area contributed by atoms with Gasteiger partial charge in [0.1, 0.15) is 0 Å². The van der Waals surface area contributed by atoms with E-state index in [1.807, 2.05) is 0 Å². The molecule has 1 N–H and O–H groups in total. The highest BCUT2D eigenvalue weighted by molar-refractivity contribution is 7.92. The Morgan fingerprint density at radius 1 is 1.43 bits per heavy atom. The van der Waals surface area contributed by atoms with E-state index in [2.05, 4.69) is 0 Å². The number of carbonyl (C=O) groups excluding carboxylic acids is 1. The number of sulfone groups is 1. The number of amides is 1. The van der Waals surface area contributed by atoms with E-state index in [9.17, 15) is 13.2 Å². The molecule has 2 rings (SSSR count). The largest absolute Gasteiger partial charge is 0.396 e. The Balaban J connectivity index is 1.97. The molecule has 2 aliphatic heterocycles. The molecule has 80 valence electrons. The van der Waals surface area contributed by atoms with Crippen LogP contribution in [0.4, 0.5) is 0 Å². The maximum Gasteiger partial charge on any atom is 0.223 e. The summed E-state index contributed by atoms with van der Waals surface area (Å²) < 4.78 is 21.8. The van der Waals surface area contributed by atoms with Gasteiger partial charge in [-0.25, -0.2) is 8.42 Å². The molecule has 1 unspecified atom stereocenters. The summed E-state index contributed by atoms with van der Waals surface area (Å²) in [5.41, 5.74) is 0. The van der Waals surface area contributed by atoms with Crippen molar-refractivity contribution in [1.82, 2.24) is 4.90 Å². The summed E-state index contributed by atoms with van der Waals surface area (Å²) in [4.78, 5) is 13.0. The third-order valence-electron chi connectivity index (χ3n) is 2.83. The summed E-state index contributed by atoms with van der Waals surface area (Å²) in [6.45, 7) is 0.511. The van der Waals surface area contributed by atoms with Crippen molar-refractivity contribution in [2.24, 2.45) is 5.92 Å². The van der Waals surface area contributed by atoms with Gasteiger partial charge in [0.05, 0.1) is 17.5 Å². The van der Waals surface area contributed by atoms with Crippen LogP contribution < -0.4 is 0 Å². The molecule has 0 aromatic heterocycles. The first-order chi connectivity index (χ1) is 6.52. The van der Waals surface area contributed by atoms with Crippen LogP contribution in [-0.4, -0.2) is 55.0 Å². The molecule has 0 saturated carbocycles. The number of hydrogen-bond acceptors (Lipinski definition) is 4. The van der Waals surface area contributed by atoms with Gasteiger partial charge >= 0.3 is 0 Å². The summed E-state index contributed by atoms with van der Waals surface area (Å²) in [6.07, 6.45) is 0.354. The minimum absolute atomic E-state index is 0.00170. The first-order valence-corrected chi connectivity index (χ1v) is 6.45. The molecule has 1 atom stereocenters. The second-order valence-electron chi connectivity index (χ2n) is 4.03. The number of nitrogens with zero attached hydrogens (tertiary/aromatic N) is 1. The van der Waals surface area contributed by atoms with Crippen LogP contribution >= 0.6 is 0 Å². The van der Waals surface area contributed by atoms with Gasteiger partial charge in [-0.05, 0) is 0 Å². The maximum absolute atomic E-state index is 11.4. The third-order valence-corrected chi connectivity index (χ3v) is 4.62. The zero-order chi connectivity index (χ0) is 10.3. The van der Waals surface area contributed by atoms with Crippen LogP contribution in [0.5, 0.6) is 0 Å². The quantitative estimate of drug-likeness (QED) is 0.621. The second kappa shape index (κ2) is 3.20. The Morgan fingerprint density at radius 3 is 2.50 bits per heavy atom. The Labute approximate surface area is 82.6 Å². The van der Waals surface area contributed by atoms with E-state index < -0.39 is 9.84 Å². The molecule has 2 aliphatic rings. The van der Waals surface area contributed by atoms with Crippen molar-refractivity contribution in [3.63, 3.8) is 0 Å². The molecule has 14 heavy (non-hydrogen) atoms. The van der Waals surface area contributed by atoms with Gasteiger partial charge in [0.25, 0.3) is 0 Å². The maximum atomic E-state index is 11.4. The number of hydrogen-bond donors (Lipinski definition) is 1. The molecule has 2 saturated heterocycles. The lowest BCUT2D eigenvalue weighted by Gasteiger charge is -2.34. The zero-order valence-electron chi connectivity index (χ0n) is 7.72. The monoisotopic (exact) mass is 219 g/mol. The molecule has 0 aliphatic carbocycles. The first-order valence-electron chi connectivity index (χ1n) is 4.62. The third kappa shape index (κ3) is 1.64. The smallest absolute Gasteiger partial charge is 0.223 e. The predicted molar refractivity (Wildman–Crippen MR) is 49.3 cm³/mol. The first kappa shape index (κ1) is 9.92. The summed E-state index contributed by atoms with van der Waals surface area (Å²) in [5.74, 6) is 0.156. The number of carbonyl (C=O) groups is 1. The van der Waals surface area contributed by atoms with E-state index in [0.717, 1.165) is 0 Å². The van der Waals surface area contributed by atoms with Crippen LogP contribution in [0.15, 0.2) is 0 Å². The molecular formula is C8H13NO4S. The number of likely N-dealkylation sites (tertiary alicyclic amines) is 1. The minimum atomic E-state index is -2.87. The van der Waals surface area contributed by atoms with Crippen molar-refractivity contribution in [2.75, 3.05) is 24.7 Å². The zero-order valence-corrected chi connectivity index (χ0v) is 8.53. The minimum Gasteiger partial charge on any atom is -0.396 e. The van der Waals surface area contributed by atoms with Crippen molar-refractivity contribution in [3.05, 3.63) is 0 Å². The average Bonchev–Trinajstić information content (AvgIpc) is 2.42. The van der Waals surface area contributed by atoms with Crippen LogP contribution in [0.1, 0.15) is 6.42 Å². The van der Waals surface area contributed by atoms with Crippen LogP contribution in [0.3, 0.4) is 0 Å². The van der Waals surface area contributed by atoms with E-state index in [0.29, 0.717) is 13.0 Å². The summed E-state index contributed by atoms with van der Waals surface area (Å²) in [5, 5.41) is 8.88. The lowest BCUT2D eigenvalue weighted by Crippen LogP contribution is -2.53. The molecule has 1 amide bonds. The van der Waals surface area contributed by atoms with E-state index in [1.165, 1.54) is 0 Å². The van der Waals surface area contributed by atoms with Gasteiger partial charge in [0, 0.05) is 25.5 Å².